The molecule has 0 N–H and O–H groups in total. The van der Waals surface area contributed by atoms with Gasteiger partial charge in [0.15, 0.2) is 0 Å². The molecule has 76 valence electrons. The number of carbonyl (C=O) groups excluding carboxylic acids is 2. The summed E-state index contributed by atoms with van der Waals surface area (Å²) >= 11 is 0. The summed E-state index contributed by atoms with van der Waals surface area (Å²) in [6.07, 6.45) is 1.19. The van der Waals surface area contributed by atoms with Crippen LogP contribution in [0.3, 0.4) is 0 Å². The Bertz CT molecular complexity index is 194. The molecule has 0 aromatic rings. The molecule has 0 atom stereocenters. The summed E-state index contributed by atoms with van der Waals surface area (Å²) in [5.41, 5.74) is -1.41. The van der Waals surface area contributed by atoms with Crippen LogP contribution in [-0.2, 0) is 14.4 Å². The fourth-order valence-electron chi connectivity index (χ4n) is 0.622. The van der Waals surface area contributed by atoms with E-state index in [1.54, 1.807) is 13.8 Å². The van der Waals surface area contributed by atoms with Crippen LogP contribution in [0.1, 0.15) is 34.6 Å². The van der Waals surface area contributed by atoms with E-state index < -0.39 is 11.1 Å². The van der Waals surface area contributed by atoms with Gasteiger partial charge in [-0.2, -0.15) is 0 Å². The van der Waals surface area contributed by atoms with Gasteiger partial charge in [0.05, 0.1) is 5.60 Å². The molecule has 0 heterocycles. The summed E-state index contributed by atoms with van der Waals surface area (Å²) < 4.78 is 0. The first kappa shape index (κ1) is 12.1. The van der Waals surface area contributed by atoms with Crippen molar-refractivity contribution in [3.63, 3.8) is 0 Å². The van der Waals surface area contributed by atoms with E-state index in [2.05, 4.69) is 0 Å². The molecule has 0 saturated carbocycles. The smallest absolute Gasteiger partial charge is 0.234 e. The van der Waals surface area contributed by atoms with E-state index in [0.717, 1.165) is 5.06 Å². The molecule has 13 heavy (non-hydrogen) atoms. The molecule has 0 spiro atoms. The molecule has 0 fully saturated rings. The largest absolute Gasteiger partial charge is 0.301 e. The van der Waals surface area contributed by atoms with E-state index in [1.807, 2.05) is 20.8 Å². The Labute approximate surface area is 78.8 Å². The van der Waals surface area contributed by atoms with Gasteiger partial charge in [0.25, 0.3) is 0 Å². The lowest BCUT2D eigenvalue weighted by atomic mass is 10.1. The van der Waals surface area contributed by atoms with Crippen LogP contribution in [0.5, 0.6) is 0 Å². The van der Waals surface area contributed by atoms with Crippen molar-refractivity contribution >= 4 is 12.7 Å². The van der Waals surface area contributed by atoms with E-state index in [9.17, 15) is 9.59 Å². The Hall–Kier alpha value is -0.900. The van der Waals surface area contributed by atoms with Crippen LogP contribution in [0, 0.1) is 0 Å². The van der Waals surface area contributed by atoms with Gasteiger partial charge in [-0.25, -0.2) is 5.06 Å². The fourth-order valence-corrected chi connectivity index (χ4v) is 0.622. The monoisotopic (exact) mass is 187 g/mol. The topological polar surface area (TPSA) is 46.6 Å². The van der Waals surface area contributed by atoms with E-state index in [0.29, 0.717) is 12.7 Å². The van der Waals surface area contributed by atoms with Gasteiger partial charge in [-0.3, -0.25) is 9.63 Å². The Morgan fingerprint density at radius 1 is 1.08 bits per heavy atom. The minimum absolute atomic E-state index is 0.485. The van der Waals surface area contributed by atoms with Crippen molar-refractivity contribution in [1.29, 1.82) is 0 Å². The Balaban J connectivity index is 4.53. The zero-order chi connectivity index (χ0) is 10.7. The lowest BCUT2D eigenvalue weighted by molar-refractivity contribution is -0.243. The van der Waals surface area contributed by atoms with Crippen LogP contribution >= 0.6 is 0 Å². The third-order valence-corrected chi connectivity index (χ3v) is 1.32. The number of hydroxylamine groups is 2. The van der Waals surface area contributed by atoms with Gasteiger partial charge in [0, 0.05) is 0 Å². The Kier molecular flexibility index (Phi) is 3.60. The van der Waals surface area contributed by atoms with E-state index in [-0.39, 0.29) is 0 Å². The van der Waals surface area contributed by atoms with Crippen molar-refractivity contribution in [2.45, 2.75) is 45.8 Å². The highest BCUT2D eigenvalue weighted by Gasteiger charge is 2.29. The molecule has 0 rings (SSSR count). The molecular weight excluding hydrogens is 170 g/mol. The van der Waals surface area contributed by atoms with Crippen LogP contribution in [0.25, 0.3) is 0 Å². The highest BCUT2D eigenvalue weighted by Crippen LogP contribution is 2.16. The molecule has 0 unspecified atom stereocenters. The second kappa shape index (κ2) is 3.87. The molecule has 0 radical (unpaired) electrons. The molecular formula is C9H17NO3. The van der Waals surface area contributed by atoms with Crippen LogP contribution in [0.4, 0.5) is 0 Å². The van der Waals surface area contributed by atoms with Gasteiger partial charge in [-0.05, 0) is 34.6 Å². The summed E-state index contributed by atoms with van der Waals surface area (Å²) in [6.45, 7) is 8.65. The zero-order valence-electron chi connectivity index (χ0n) is 8.83. The number of carbonyl (C=O) groups is 2. The van der Waals surface area contributed by atoms with Crippen molar-refractivity contribution in [2.24, 2.45) is 0 Å². The highest BCUT2D eigenvalue weighted by molar-refractivity contribution is 5.67. The molecule has 0 aromatic carbocycles. The SMILES string of the molecule is CC(C)(C)ON(C=O)C(C)(C)C=O. The average molecular weight is 187 g/mol. The molecule has 0 aliphatic heterocycles. The summed E-state index contributed by atoms with van der Waals surface area (Å²) in [6, 6.07) is 0. The first-order valence-corrected chi connectivity index (χ1v) is 4.13. The van der Waals surface area contributed by atoms with E-state index in [4.69, 9.17) is 4.84 Å². The maximum absolute atomic E-state index is 10.6. The number of hydrogen-bond donors (Lipinski definition) is 0. The highest BCUT2D eigenvalue weighted by atomic mass is 16.7. The van der Waals surface area contributed by atoms with Crippen LogP contribution in [0.15, 0.2) is 0 Å². The van der Waals surface area contributed by atoms with Gasteiger partial charge in [-0.1, -0.05) is 0 Å². The third-order valence-electron chi connectivity index (χ3n) is 1.32. The second-order valence-electron chi connectivity index (χ2n) is 4.41. The van der Waals surface area contributed by atoms with Crippen molar-refractivity contribution in [3.8, 4) is 0 Å². The van der Waals surface area contributed by atoms with Crippen LogP contribution < -0.4 is 0 Å². The quantitative estimate of drug-likeness (QED) is 0.490. The predicted molar refractivity (Wildman–Crippen MR) is 48.9 cm³/mol. The lowest BCUT2D eigenvalue weighted by Crippen LogP contribution is -2.48. The van der Waals surface area contributed by atoms with E-state index in [1.165, 1.54) is 0 Å². The molecule has 1 amide bonds. The van der Waals surface area contributed by atoms with Crippen LogP contribution in [-0.4, -0.2) is 28.9 Å². The summed E-state index contributed by atoms with van der Waals surface area (Å²) in [7, 11) is 0. The second-order valence-corrected chi connectivity index (χ2v) is 4.41. The lowest BCUT2D eigenvalue weighted by Gasteiger charge is -2.34. The third kappa shape index (κ3) is 4.03. The predicted octanol–water partition coefficient (Wildman–Crippen LogP) is 1.15. The Morgan fingerprint density at radius 2 is 1.54 bits per heavy atom. The fraction of sp³-hybridized carbons (Fsp3) is 0.778. The number of nitrogens with zero attached hydrogens (tertiary/aromatic N) is 1. The summed E-state index contributed by atoms with van der Waals surface area (Å²) in [4.78, 5) is 26.5. The molecule has 0 aliphatic rings. The number of aldehydes is 1. The average Bonchev–Trinajstić information content (AvgIpc) is 1.98. The van der Waals surface area contributed by atoms with Crippen molar-refractivity contribution in [2.75, 3.05) is 0 Å². The summed E-state index contributed by atoms with van der Waals surface area (Å²) in [5.74, 6) is 0. The van der Waals surface area contributed by atoms with Gasteiger partial charge >= 0.3 is 0 Å². The standard InChI is InChI=1S/C9H17NO3/c1-8(2,3)13-10(7-12)9(4,5)6-11/h6-7H,1-5H3. The number of hydrogen-bond acceptors (Lipinski definition) is 3. The summed E-state index contributed by atoms with van der Waals surface area (Å²) in [5, 5.41) is 1.03. The van der Waals surface area contributed by atoms with Gasteiger partial charge in [-0.15, -0.1) is 0 Å². The first-order valence-electron chi connectivity index (χ1n) is 4.13. The van der Waals surface area contributed by atoms with Crippen molar-refractivity contribution < 1.29 is 14.4 Å². The van der Waals surface area contributed by atoms with Crippen molar-refractivity contribution in [3.05, 3.63) is 0 Å². The van der Waals surface area contributed by atoms with Gasteiger partial charge in [0.1, 0.15) is 11.8 Å². The van der Waals surface area contributed by atoms with E-state index >= 15 is 0 Å². The normalized spacial score (nSPS) is 12.4. The van der Waals surface area contributed by atoms with Gasteiger partial charge in [0.2, 0.25) is 6.41 Å². The zero-order valence-corrected chi connectivity index (χ0v) is 8.83. The molecule has 0 bridgehead atoms. The van der Waals surface area contributed by atoms with Crippen molar-refractivity contribution in [1.82, 2.24) is 5.06 Å². The molecule has 0 aliphatic carbocycles. The molecule has 4 nitrogen and oxygen atoms in total. The minimum Gasteiger partial charge on any atom is -0.301 e. The molecule has 0 saturated heterocycles. The maximum Gasteiger partial charge on any atom is 0.234 e. The Morgan fingerprint density at radius 3 is 1.77 bits per heavy atom. The molecule has 0 aromatic heterocycles. The number of amides is 1. The van der Waals surface area contributed by atoms with Gasteiger partial charge < -0.3 is 4.79 Å². The molecule has 4 heteroatoms. The first-order chi connectivity index (χ1) is 5.73. The maximum atomic E-state index is 10.6. The minimum atomic E-state index is -0.922. The number of rotatable bonds is 4. The van der Waals surface area contributed by atoms with Crippen LogP contribution in [0.2, 0.25) is 0 Å².